The van der Waals surface area contributed by atoms with Gasteiger partial charge >= 0.3 is 0 Å². The van der Waals surface area contributed by atoms with Crippen molar-refractivity contribution in [1.82, 2.24) is 8.80 Å². The Bertz CT molecular complexity index is 3760. The highest BCUT2D eigenvalue weighted by Crippen LogP contribution is 2.60. The van der Waals surface area contributed by atoms with Gasteiger partial charge in [-0.1, -0.05) is 96.1 Å². The first-order chi connectivity index (χ1) is 29.5. The zero-order chi connectivity index (χ0) is 40.7. The molecular weight excluding hydrogens is 737 g/mol. The third kappa shape index (κ3) is 3.87. The molecule has 0 N–H and O–H groups in total. The van der Waals surface area contributed by atoms with E-state index in [2.05, 4.69) is 160 Å². The molecule has 17 rings (SSSR count). The molecule has 0 unspecified atom stereocenters. The number of hydrogen-bond acceptors (Lipinski definition) is 0. The zero-order valence-electron chi connectivity index (χ0n) is 36.3. The number of nitrogens with zero attached hydrogens (tertiary/aromatic N) is 2. The molecule has 7 aromatic carbocycles. The maximum atomic E-state index is 2.70. The Labute approximate surface area is 356 Å². The Balaban J connectivity index is 1.12. The summed E-state index contributed by atoms with van der Waals surface area (Å²) >= 11 is 0. The highest BCUT2D eigenvalue weighted by Gasteiger charge is 2.43. The van der Waals surface area contributed by atoms with Gasteiger partial charge < -0.3 is 8.80 Å². The Kier molecular flexibility index (Phi) is 5.87. The molecule has 0 aliphatic heterocycles. The molecule has 61 heavy (non-hydrogen) atoms. The second-order valence-electron chi connectivity index (χ2n) is 21.9. The van der Waals surface area contributed by atoms with Gasteiger partial charge in [-0.25, -0.2) is 0 Å². The zero-order valence-corrected chi connectivity index (χ0v) is 36.3. The summed E-state index contributed by atoms with van der Waals surface area (Å²) in [4.78, 5) is 0. The Morgan fingerprint density at radius 1 is 0.410 bits per heavy atom. The molecular formula is C59H50N2. The molecule has 1 fully saturated rings. The quantitative estimate of drug-likeness (QED) is 0.145. The van der Waals surface area contributed by atoms with Crippen LogP contribution in [0.2, 0.25) is 0 Å². The molecule has 296 valence electrons. The van der Waals surface area contributed by atoms with Crippen LogP contribution < -0.4 is 0 Å². The molecule has 0 amide bonds. The van der Waals surface area contributed by atoms with Crippen molar-refractivity contribution in [1.29, 1.82) is 0 Å². The Morgan fingerprint density at radius 2 is 0.869 bits per heavy atom. The number of fused-ring (bicyclic) bond motifs is 14. The van der Waals surface area contributed by atoms with E-state index in [4.69, 9.17) is 0 Å². The summed E-state index contributed by atoms with van der Waals surface area (Å²) in [6, 6.07) is 41.7. The van der Waals surface area contributed by atoms with E-state index >= 15 is 0 Å². The second kappa shape index (κ2) is 10.6. The molecule has 0 atom stereocenters. The van der Waals surface area contributed by atoms with Crippen LogP contribution in [0.25, 0.3) is 76.2 Å². The topological polar surface area (TPSA) is 8.82 Å². The number of aryl methyl sites for hydroxylation is 1. The summed E-state index contributed by atoms with van der Waals surface area (Å²) in [6.45, 7) is 16.8. The summed E-state index contributed by atoms with van der Waals surface area (Å²) in [5, 5.41) is 11.4. The van der Waals surface area contributed by atoms with Crippen molar-refractivity contribution in [2.75, 3.05) is 0 Å². The minimum atomic E-state index is -0.00989. The van der Waals surface area contributed by atoms with Crippen LogP contribution in [-0.4, -0.2) is 8.80 Å². The lowest BCUT2D eigenvalue weighted by Crippen LogP contribution is -2.27. The van der Waals surface area contributed by atoms with Gasteiger partial charge in [-0.05, 0) is 165 Å². The van der Waals surface area contributed by atoms with Crippen molar-refractivity contribution >= 4 is 76.2 Å². The third-order valence-electron chi connectivity index (χ3n) is 16.8. The monoisotopic (exact) mass is 786 g/mol. The molecule has 0 saturated heterocycles. The third-order valence-corrected chi connectivity index (χ3v) is 16.8. The summed E-state index contributed by atoms with van der Waals surface area (Å²) in [6.07, 6.45) is 5.40. The maximum Gasteiger partial charge on any atom is 0.0620 e. The fraction of sp³-hybridized carbons (Fsp3) is 0.288. The van der Waals surface area contributed by atoms with Gasteiger partial charge in [0.2, 0.25) is 0 Å². The van der Waals surface area contributed by atoms with Crippen LogP contribution in [0.1, 0.15) is 152 Å². The second-order valence-corrected chi connectivity index (χ2v) is 21.9. The van der Waals surface area contributed by atoms with Crippen LogP contribution in [0, 0.1) is 6.92 Å². The number of aromatic nitrogens is 2. The van der Waals surface area contributed by atoms with E-state index in [9.17, 15) is 0 Å². The van der Waals surface area contributed by atoms with Gasteiger partial charge in [0.05, 0.1) is 33.1 Å². The highest BCUT2D eigenvalue weighted by molar-refractivity contribution is 6.30. The van der Waals surface area contributed by atoms with Gasteiger partial charge in [0, 0.05) is 54.9 Å². The predicted octanol–water partition coefficient (Wildman–Crippen LogP) is 15.6. The van der Waals surface area contributed by atoms with Crippen LogP contribution in [0.15, 0.2) is 103 Å². The lowest BCUT2D eigenvalue weighted by atomic mass is 9.60. The fourth-order valence-electron chi connectivity index (χ4n) is 14.2. The summed E-state index contributed by atoms with van der Waals surface area (Å²) < 4.78 is 5.38. The minimum absolute atomic E-state index is 0.00989. The lowest BCUT2D eigenvalue weighted by Gasteiger charge is -2.42. The van der Waals surface area contributed by atoms with E-state index < -0.39 is 0 Å². The molecule has 6 aliphatic carbocycles. The van der Waals surface area contributed by atoms with E-state index in [-0.39, 0.29) is 22.7 Å². The van der Waals surface area contributed by atoms with Gasteiger partial charge in [0.25, 0.3) is 0 Å². The molecule has 4 heterocycles. The molecule has 2 heteroatoms. The summed E-state index contributed by atoms with van der Waals surface area (Å²) in [7, 11) is 0. The van der Waals surface area contributed by atoms with Gasteiger partial charge in [-0.3, -0.25) is 0 Å². The van der Waals surface area contributed by atoms with Crippen LogP contribution in [0.5, 0.6) is 0 Å². The largest absolute Gasteiger partial charge is 0.308 e. The normalized spacial score (nSPS) is 20.8. The van der Waals surface area contributed by atoms with Crippen molar-refractivity contribution in [3.05, 3.63) is 164 Å². The SMILES string of the molecule is Cc1cc2c(c3c1C1CCC3CC1)c1cc(C(C)(C)C)cc3c4cc5c(cc4n2c31)c1cc(C(C)(C)C)cc2c3c4c(ccc3n5c12)C1c2ccccc2C4c2ccccc21. The molecule has 0 radical (unpaired) electrons. The van der Waals surface area contributed by atoms with Gasteiger partial charge in [-0.15, -0.1) is 0 Å². The molecule has 0 spiro atoms. The first-order valence-corrected chi connectivity index (χ1v) is 23.1. The Hall–Kier alpha value is -5.86. The van der Waals surface area contributed by atoms with E-state index in [0.29, 0.717) is 5.92 Å². The molecule has 1 saturated carbocycles. The molecule has 6 aliphatic rings. The average molecular weight is 787 g/mol. The van der Waals surface area contributed by atoms with E-state index in [1.54, 1.807) is 16.5 Å². The van der Waals surface area contributed by atoms with E-state index in [1.165, 1.54) is 147 Å². The first kappa shape index (κ1) is 33.8. The molecule has 2 nitrogen and oxygen atoms in total. The predicted molar refractivity (Wildman–Crippen MR) is 257 cm³/mol. The first-order valence-electron chi connectivity index (χ1n) is 23.1. The highest BCUT2D eigenvalue weighted by atomic mass is 14.9. The van der Waals surface area contributed by atoms with Crippen molar-refractivity contribution in [2.24, 2.45) is 0 Å². The smallest absolute Gasteiger partial charge is 0.0620 e. The number of hydrogen-bond donors (Lipinski definition) is 0. The van der Waals surface area contributed by atoms with Crippen LogP contribution in [0.3, 0.4) is 0 Å². The number of benzene rings is 7. The van der Waals surface area contributed by atoms with E-state index in [1.807, 2.05) is 0 Å². The van der Waals surface area contributed by atoms with Gasteiger partial charge in [-0.2, -0.15) is 0 Å². The summed E-state index contributed by atoms with van der Waals surface area (Å²) in [5.74, 6) is 1.87. The van der Waals surface area contributed by atoms with Crippen molar-refractivity contribution in [2.45, 2.75) is 109 Å². The van der Waals surface area contributed by atoms with E-state index in [0.717, 1.165) is 5.92 Å². The van der Waals surface area contributed by atoms with Crippen molar-refractivity contribution in [3.63, 3.8) is 0 Å². The van der Waals surface area contributed by atoms with Crippen LogP contribution in [0.4, 0.5) is 0 Å². The standard InChI is InChI=1S/C59H50N2/c1-29-22-48-54(50-31-18-16-30(17-19-31)49(29)50)44-26-33(59(5,6)7)24-42-40-27-46-39(28-47(40)61(48)57(42)44)41-23-32(58(2,3)4)25-43-53-45(60(46)56(41)43)21-20-38-51-34-12-8-10-14-36(34)52(55(38)53)37-15-11-9-13-35(37)51/h8-15,20-28,30-31,51-52H,16-19H2,1-7H3. The average Bonchev–Trinajstić information content (AvgIpc) is 3.98. The molecule has 11 aromatic rings. The van der Waals surface area contributed by atoms with Gasteiger partial charge in [0.1, 0.15) is 0 Å². The van der Waals surface area contributed by atoms with Crippen LogP contribution in [-0.2, 0) is 10.8 Å². The minimum Gasteiger partial charge on any atom is -0.308 e. The van der Waals surface area contributed by atoms with Crippen molar-refractivity contribution < 1.29 is 0 Å². The lowest BCUT2D eigenvalue weighted by molar-refractivity contribution is 0.360. The Morgan fingerprint density at radius 3 is 1.39 bits per heavy atom. The number of rotatable bonds is 0. The maximum absolute atomic E-state index is 2.70. The van der Waals surface area contributed by atoms with Crippen LogP contribution >= 0.6 is 0 Å². The molecule has 4 bridgehead atoms. The van der Waals surface area contributed by atoms with Gasteiger partial charge in [0.15, 0.2) is 0 Å². The molecule has 4 aromatic heterocycles. The summed E-state index contributed by atoms with van der Waals surface area (Å²) in [5.41, 5.74) is 25.0. The fourth-order valence-corrected chi connectivity index (χ4v) is 14.2. The van der Waals surface area contributed by atoms with Crippen molar-refractivity contribution in [3.8, 4) is 0 Å².